The van der Waals surface area contributed by atoms with Gasteiger partial charge in [0.05, 0.1) is 17.6 Å². The van der Waals surface area contributed by atoms with Crippen LogP contribution in [0, 0.1) is 5.92 Å². The van der Waals surface area contributed by atoms with Gasteiger partial charge in [-0.05, 0) is 45.4 Å². The third-order valence-electron chi connectivity index (χ3n) is 4.03. The molecule has 0 aromatic rings. The smallest absolute Gasteiger partial charge is 0.191 e. The number of aliphatic imine (C=N–C) groups is 1. The topological polar surface area (TPSA) is 79.8 Å². The summed E-state index contributed by atoms with van der Waals surface area (Å²) in [5, 5.41) is 6.63. The van der Waals surface area contributed by atoms with Crippen LogP contribution in [0.2, 0.25) is 0 Å². The van der Waals surface area contributed by atoms with E-state index in [0.29, 0.717) is 12.3 Å². The third-order valence-corrected chi connectivity index (χ3v) is 5.87. The molecule has 2 rings (SSSR count). The summed E-state index contributed by atoms with van der Waals surface area (Å²) in [5.74, 6) is 1.50. The molecule has 2 aliphatic rings. The summed E-state index contributed by atoms with van der Waals surface area (Å²) in [5.41, 5.74) is 0. The van der Waals surface area contributed by atoms with E-state index in [1.807, 2.05) is 0 Å². The van der Waals surface area contributed by atoms with Gasteiger partial charge in [0.25, 0.3) is 0 Å². The van der Waals surface area contributed by atoms with E-state index in [1.54, 1.807) is 0 Å². The lowest BCUT2D eigenvalue weighted by molar-refractivity contribution is 0.0194. The number of rotatable bonds is 5. The van der Waals surface area contributed by atoms with Crippen LogP contribution < -0.4 is 10.6 Å². The van der Waals surface area contributed by atoms with Gasteiger partial charge in [-0.1, -0.05) is 0 Å². The van der Waals surface area contributed by atoms with Gasteiger partial charge in [-0.15, -0.1) is 0 Å². The summed E-state index contributed by atoms with van der Waals surface area (Å²) in [6.45, 7) is 6.29. The van der Waals surface area contributed by atoms with Gasteiger partial charge in [-0.3, -0.25) is 4.99 Å². The highest BCUT2D eigenvalue weighted by Gasteiger charge is 2.27. The number of nitrogens with one attached hydrogen (secondary N) is 2. The second-order valence-corrected chi connectivity index (χ2v) is 8.86. The summed E-state index contributed by atoms with van der Waals surface area (Å²) in [4.78, 5) is 4.57. The fourth-order valence-electron chi connectivity index (χ4n) is 2.84. The van der Waals surface area contributed by atoms with Crippen molar-refractivity contribution in [1.29, 1.82) is 0 Å². The average molecular weight is 331 g/mol. The Kier molecular flexibility index (Phi) is 6.50. The van der Waals surface area contributed by atoms with E-state index >= 15 is 0 Å². The van der Waals surface area contributed by atoms with E-state index in [9.17, 15) is 8.42 Å². The van der Waals surface area contributed by atoms with E-state index < -0.39 is 9.84 Å². The Bertz CT molecular complexity index is 470. The van der Waals surface area contributed by atoms with Crippen molar-refractivity contribution in [3.05, 3.63) is 0 Å². The molecule has 2 unspecified atom stereocenters. The van der Waals surface area contributed by atoms with Crippen molar-refractivity contribution in [3.8, 4) is 0 Å². The van der Waals surface area contributed by atoms with E-state index in [1.165, 1.54) is 6.42 Å². The van der Waals surface area contributed by atoms with E-state index in [2.05, 4.69) is 29.5 Å². The van der Waals surface area contributed by atoms with Gasteiger partial charge in [0.1, 0.15) is 0 Å². The number of hydrogen-bond acceptors (Lipinski definition) is 4. The Balaban J connectivity index is 1.83. The largest absolute Gasteiger partial charge is 0.376 e. The van der Waals surface area contributed by atoms with Gasteiger partial charge >= 0.3 is 0 Å². The summed E-state index contributed by atoms with van der Waals surface area (Å²) in [6.07, 6.45) is 4.43. The Labute approximate surface area is 134 Å². The lowest BCUT2D eigenvalue weighted by Crippen LogP contribution is -2.45. The molecule has 0 radical (unpaired) electrons. The molecule has 0 aromatic heterocycles. The maximum Gasteiger partial charge on any atom is 0.191 e. The fourth-order valence-corrected chi connectivity index (χ4v) is 4.69. The van der Waals surface area contributed by atoms with Crippen molar-refractivity contribution in [3.63, 3.8) is 0 Å². The molecule has 0 saturated carbocycles. The lowest BCUT2D eigenvalue weighted by atomic mass is 10.1. The second-order valence-electron chi connectivity index (χ2n) is 6.63. The van der Waals surface area contributed by atoms with Crippen LogP contribution in [-0.2, 0) is 14.6 Å². The van der Waals surface area contributed by atoms with Gasteiger partial charge in [0, 0.05) is 25.7 Å². The van der Waals surface area contributed by atoms with E-state index in [0.717, 1.165) is 38.4 Å². The van der Waals surface area contributed by atoms with Gasteiger partial charge < -0.3 is 15.4 Å². The zero-order chi connectivity index (χ0) is 16.0. The van der Waals surface area contributed by atoms with Crippen LogP contribution >= 0.6 is 0 Å². The molecule has 128 valence electrons. The highest BCUT2D eigenvalue weighted by Crippen LogP contribution is 2.18. The van der Waals surface area contributed by atoms with Gasteiger partial charge in [0.15, 0.2) is 15.8 Å². The highest BCUT2D eigenvalue weighted by molar-refractivity contribution is 7.91. The standard InChI is InChI=1S/C15H29N3O3S/c1-12(2)18-15(17-10-14-5-3-4-7-21-14)16-9-13-6-8-22(19,20)11-13/h12-14H,3-11H2,1-2H3,(H2,16,17,18). The quantitative estimate of drug-likeness (QED) is 0.579. The molecular formula is C15H29N3O3S. The maximum absolute atomic E-state index is 11.5. The monoisotopic (exact) mass is 331 g/mol. The summed E-state index contributed by atoms with van der Waals surface area (Å²) in [7, 11) is -2.83. The molecule has 0 amide bonds. The SMILES string of the molecule is CC(C)NC(=NCC1CCS(=O)(=O)C1)NCC1CCCCO1. The molecule has 2 aliphatic heterocycles. The van der Waals surface area contributed by atoms with Crippen LogP contribution in [-0.4, -0.2) is 57.7 Å². The van der Waals surface area contributed by atoms with Crippen molar-refractivity contribution in [2.75, 3.05) is 31.2 Å². The Hall–Kier alpha value is -0.820. The maximum atomic E-state index is 11.5. The van der Waals surface area contributed by atoms with Crippen molar-refractivity contribution in [2.24, 2.45) is 10.9 Å². The number of sulfone groups is 1. The van der Waals surface area contributed by atoms with Crippen LogP contribution in [0.25, 0.3) is 0 Å². The fraction of sp³-hybridized carbons (Fsp3) is 0.933. The number of hydrogen-bond donors (Lipinski definition) is 2. The molecule has 0 bridgehead atoms. The van der Waals surface area contributed by atoms with Gasteiger partial charge in [-0.25, -0.2) is 8.42 Å². The van der Waals surface area contributed by atoms with Crippen LogP contribution in [0.4, 0.5) is 0 Å². The first kappa shape index (κ1) is 17.5. The predicted octanol–water partition coefficient (Wildman–Crippen LogP) is 0.934. The molecule has 0 aliphatic carbocycles. The Morgan fingerprint density at radius 1 is 1.32 bits per heavy atom. The highest BCUT2D eigenvalue weighted by atomic mass is 32.2. The molecule has 2 heterocycles. The minimum absolute atomic E-state index is 0.154. The number of ether oxygens (including phenoxy) is 1. The molecule has 6 nitrogen and oxygen atoms in total. The lowest BCUT2D eigenvalue weighted by Gasteiger charge is -2.24. The van der Waals surface area contributed by atoms with Crippen molar-refractivity contribution < 1.29 is 13.2 Å². The average Bonchev–Trinajstić information content (AvgIpc) is 2.82. The normalized spacial score (nSPS) is 28.8. The second kappa shape index (κ2) is 8.15. The minimum Gasteiger partial charge on any atom is -0.376 e. The first-order valence-electron chi connectivity index (χ1n) is 8.31. The summed E-state index contributed by atoms with van der Waals surface area (Å²) >= 11 is 0. The minimum atomic E-state index is -2.83. The Morgan fingerprint density at radius 3 is 2.73 bits per heavy atom. The third kappa shape index (κ3) is 6.12. The number of guanidine groups is 1. The number of nitrogens with zero attached hydrogens (tertiary/aromatic N) is 1. The van der Waals surface area contributed by atoms with Gasteiger partial charge in [0.2, 0.25) is 0 Å². The predicted molar refractivity (Wildman–Crippen MR) is 88.9 cm³/mol. The Morgan fingerprint density at radius 2 is 2.14 bits per heavy atom. The van der Waals surface area contributed by atoms with Crippen molar-refractivity contribution in [1.82, 2.24) is 10.6 Å². The molecular weight excluding hydrogens is 302 g/mol. The zero-order valence-electron chi connectivity index (χ0n) is 13.7. The first-order chi connectivity index (χ1) is 10.4. The van der Waals surface area contributed by atoms with Gasteiger partial charge in [-0.2, -0.15) is 0 Å². The first-order valence-corrected chi connectivity index (χ1v) is 10.1. The van der Waals surface area contributed by atoms with Crippen molar-refractivity contribution in [2.45, 2.75) is 51.7 Å². The van der Waals surface area contributed by atoms with Crippen LogP contribution in [0.1, 0.15) is 39.5 Å². The van der Waals surface area contributed by atoms with E-state index in [4.69, 9.17) is 4.74 Å². The summed E-state index contributed by atoms with van der Waals surface area (Å²) in [6, 6.07) is 0.283. The molecule has 22 heavy (non-hydrogen) atoms. The van der Waals surface area contributed by atoms with Crippen LogP contribution in [0.3, 0.4) is 0 Å². The summed E-state index contributed by atoms with van der Waals surface area (Å²) < 4.78 is 28.7. The molecule has 2 N–H and O–H groups in total. The van der Waals surface area contributed by atoms with Crippen LogP contribution in [0.5, 0.6) is 0 Å². The molecule has 2 saturated heterocycles. The zero-order valence-corrected chi connectivity index (χ0v) is 14.5. The molecule has 2 atom stereocenters. The van der Waals surface area contributed by atoms with Crippen molar-refractivity contribution >= 4 is 15.8 Å². The van der Waals surface area contributed by atoms with Crippen LogP contribution in [0.15, 0.2) is 4.99 Å². The molecule has 0 aromatic carbocycles. The molecule has 2 fully saturated rings. The van der Waals surface area contributed by atoms with E-state index in [-0.39, 0.29) is 23.8 Å². The molecule has 7 heteroatoms. The molecule has 0 spiro atoms.